The third kappa shape index (κ3) is 2.68. The number of carbonyl (C=O) groups excluding carboxylic acids is 1. The van der Waals surface area contributed by atoms with Crippen LogP contribution < -0.4 is 4.90 Å². The standard InChI is InChI=1S/C13H17N3O2S/c1-5-18-10(17)6-16(4)12-11-8(2)9(3)19-13(11)15-7-14-12/h7H,5-6H2,1-4H3. The number of aryl methyl sites for hydroxylation is 2. The summed E-state index contributed by atoms with van der Waals surface area (Å²) in [4.78, 5) is 24.1. The van der Waals surface area contributed by atoms with Gasteiger partial charge >= 0.3 is 5.97 Å². The number of hydrogen-bond donors (Lipinski definition) is 0. The van der Waals surface area contributed by atoms with Gasteiger partial charge in [0.05, 0.1) is 12.0 Å². The monoisotopic (exact) mass is 279 g/mol. The Morgan fingerprint density at radius 3 is 2.84 bits per heavy atom. The van der Waals surface area contributed by atoms with Gasteiger partial charge in [-0.15, -0.1) is 11.3 Å². The lowest BCUT2D eigenvalue weighted by atomic mass is 10.2. The van der Waals surface area contributed by atoms with Crippen molar-refractivity contribution in [2.45, 2.75) is 20.8 Å². The fraction of sp³-hybridized carbons (Fsp3) is 0.462. The number of ether oxygens (including phenoxy) is 1. The van der Waals surface area contributed by atoms with Gasteiger partial charge in [0.25, 0.3) is 0 Å². The van der Waals surface area contributed by atoms with Crippen molar-refractivity contribution in [1.29, 1.82) is 0 Å². The van der Waals surface area contributed by atoms with Gasteiger partial charge in [-0.05, 0) is 26.3 Å². The first kappa shape index (κ1) is 13.7. The summed E-state index contributed by atoms with van der Waals surface area (Å²) < 4.78 is 4.96. The smallest absolute Gasteiger partial charge is 0.325 e. The molecule has 0 radical (unpaired) electrons. The number of carbonyl (C=O) groups is 1. The summed E-state index contributed by atoms with van der Waals surface area (Å²) in [7, 11) is 1.84. The number of fused-ring (bicyclic) bond motifs is 1. The highest BCUT2D eigenvalue weighted by Gasteiger charge is 2.16. The molecule has 0 spiro atoms. The number of rotatable bonds is 4. The van der Waals surface area contributed by atoms with Gasteiger partial charge in [0, 0.05) is 11.9 Å². The molecule has 0 atom stereocenters. The summed E-state index contributed by atoms with van der Waals surface area (Å²) in [6.07, 6.45) is 1.54. The quantitative estimate of drug-likeness (QED) is 0.804. The molecule has 2 heterocycles. The summed E-state index contributed by atoms with van der Waals surface area (Å²) in [5, 5.41) is 1.02. The molecule has 0 unspecified atom stereocenters. The maximum Gasteiger partial charge on any atom is 0.325 e. The molecular weight excluding hydrogens is 262 g/mol. The molecule has 0 aliphatic heterocycles. The molecule has 0 N–H and O–H groups in total. The van der Waals surface area contributed by atoms with Crippen molar-refractivity contribution < 1.29 is 9.53 Å². The van der Waals surface area contributed by atoms with E-state index in [4.69, 9.17) is 4.74 Å². The van der Waals surface area contributed by atoms with Crippen molar-refractivity contribution in [2.24, 2.45) is 0 Å². The Balaban J connectivity index is 2.36. The fourth-order valence-corrected chi connectivity index (χ4v) is 2.92. The van der Waals surface area contributed by atoms with E-state index >= 15 is 0 Å². The molecule has 5 nitrogen and oxygen atoms in total. The first-order valence-electron chi connectivity index (χ1n) is 6.12. The number of esters is 1. The van der Waals surface area contributed by atoms with E-state index in [-0.39, 0.29) is 12.5 Å². The lowest BCUT2D eigenvalue weighted by Gasteiger charge is -2.17. The van der Waals surface area contributed by atoms with Crippen LogP contribution in [0.1, 0.15) is 17.4 Å². The zero-order chi connectivity index (χ0) is 14.0. The van der Waals surface area contributed by atoms with Gasteiger partial charge < -0.3 is 9.64 Å². The summed E-state index contributed by atoms with van der Waals surface area (Å²) >= 11 is 1.65. The first-order chi connectivity index (χ1) is 9.04. The Morgan fingerprint density at radius 1 is 1.42 bits per heavy atom. The Bertz CT molecular complexity index is 609. The second-order valence-electron chi connectivity index (χ2n) is 4.32. The zero-order valence-electron chi connectivity index (χ0n) is 11.6. The van der Waals surface area contributed by atoms with Crippen LogP contribution >= 0.6 is 11.3 Å². The third-order valence-electron chi connectivity index (χ3n) is 2.98. The Labute approximate surface area is 116 Å². The highest BCUT2D eigenvalue weighted by Crippen LogP contribution is 2.33. The molecule has 6 heteroatoms. The van der Waals surface area contributed by atoms with E-state index in [1.807, 2.05) is 7.05 Å². The maximum atomic E-state index is 11.5. The largest absolute Gasteiger partial charge is 0.465 e. The Kier molecular flexibility index (Phi) is 3.99. The average Bonchev–Trinajstić information content (AvgIpc) is 2.65. The van der Waals surface area contributed by atoms with E-state index in [1.165, 1.54) is 16.8 Å². The minimum Gasteiger partial charge on any atom is -0.465 e. The van der Waals surface area contributed by atoms with Gasteiger partial charge in [-0.1, -0.05) is 0 Å². The molecule has 19 heavy (non-hydrogen) atoms. The summed E-state index contributed by atoms with van der Waals surface area (Å²) in [5.41, 5.74) is 1.17. The Morgan fingerprint density at radius 2 is 2.16 bits per heavy atom. The number of hydrogen-bond acceptors (Lipinski definition) is 6. The summed E-state index contributed by atoms with van der Waals surface area (Å²) in [6, 6.07) is 0. The van der Waals surface area contributed by atoms with Gasteiger partial charge in [0.15, 0.2) is 0 Å². The molecule has 0 amide bonds. The molecule has 102 valence electrons. The van der Waals surface area contributed by atoms with Crippen LogP contribution in [-0.4, -0.2) is 36.1 Å². The molecule has 0 saturated carbocycles. The van der Waals surface area contributed by atoms with Crippen molar-refractivity contribution >= 4 is 33.3 Å². The van der Waals surface area contributed by atoms with Crippen molar-refractivity contribution in [1.82, 2.24) is 9.97 Å². The SMILES string of the molecule is CCOC(=O)CN(C)c1ncnc2sc(C)c(C)c12. The fourth-order valence-electron chi connectivity index (χ4n) is 1.93. The van der Waals surface area contributed by atoms with Gasteiger partial charge in [0.2, 0.25) is 0 Å². The van der Waals surface area contributed by atoms with Crippen LogP contribution in [0.25, 0.3) is 10.2 Å². The van der Waals surface area contributed by atoms with Crippen LogP contribution in [0.5, 0.6) is 0 Å². The van der Waals surface area contributed by atoms with Crippen molar-refractivity contribution in [3.8, 4) is 0 Å². The number of aromatic nitrogens is 2. The molecule has 0 aliphatic carbocycles. The number of anilines is 1. The zero-order valence-corrected chi connectivity index (χ0v) is 12.4. The molecule has 0 saturated heterocycles. The molecular formula is C13H17N3O2S. The predicted molar refractivity (Wildman–Crippen MR) is 76.8 cm³/mol. The van der Waals surface area contributed by atoms with E-state index < -0.39 is 0 Å². The van der Waals surface area contributed by atoms with Crippen LogP contribution in [0.4, 0.5) is 5.82 Å². The van der Waals surface area contributed by atoms with Crippen LogP contribution in [0.3, 0.4) is 0 Å². The lowest BCUT2D eigenvalue weighted by Crippen LogP contribution is -2.28. The van der Waals surface area contributed by atoms with E-state index in [1.54, 1.807) is 23.2 Å². The van der Waals surface area contributed by atoms with Crippen LogP contribution in [0.2, 0.25) is 0 Å². The van der Waals surface area contributed by atoms with Crippen LogP contribution in [0.15, 0.2) is 6.33 Å². The molecule has 2 aromatic heterocycles. The summed E-state index contributed by atoms with van der Waals surface area (Å²) in [5.74, 6) is 0.529. The second-order valence-corrected chi connectivity index (χ2v) is 5.52. The van der Waals surface area contributed by atoms with Crippen molar-refractivity contribution in [3.63, 3.8) is 0 Å². The number of thiophene rings is 1. The van der Waals surface area contributed by atoms with Gasteiger partial charge in [-0.25, -0.2) is 9.97 Å². The third-order valence-corrected chi connectivity index (χ3v) is 4.09. The average molecular weight is 279 g/mol. The highest BCUT2D eigenvalue weighted by molar-refractivity contribution is 7.18. The molecule has 0 fully saturated rings. The van der Waals surface area contributed by atoms with E-state index in [0.717, 1.165) is 16.0 Å². The molecule has 2 rings (SSSR count). The molecule has 2 aromatic rings. The van der Waals surface area contributed by atoms with E-state index in [2.05, 4.69) is 23.8 Å². The van der Waals surface area contributed by atoms with Crippen LogP contribution in [0, 0.1) is 13.8 Å². The second kappa shape index (κ2) is 5.52. The normalized spacial score (nSPS) is 10.7. The molecule has 0 aliphatic rings. The lowest BCUT2D eigenvalue weighted by molar-refractivity contribution is -0.141. The van der Waals surface area contributed by atoms with E-state index in [0.29, 0.717) is 6.61 Å². The minimum atomic E-state index is -0.249. The number of nitrogens with zero attached hydrogens (tertiary/aromatic N) is 3. The molecule has 0 aromatic carbocycles. The van der Waals surface area contributed by atoms with Gasteiger partial charge in [-0.3, -0.25) is 4.79 Å². The predicted octanol–water partition coefficient (Wildman–Crippen LogP) is 2.31. The van der Waals surface area contributed by atoms with E-state index in [9.17, 15) is 4.79 Å². The summed E-state index contributed by atoms with van der Waals surface area (Å²) in [6.45, 7) is 6.50. The topological polar surface area (TPSA) is 55.3 Å². The Hall–Kier alpha value is -1.69. The first-order valence-corrected chi connectivity index (χ1v) is 6.93. The number of likely N-dealkylation sites (N-methyl/N-ethyl adjacent to an activating group) is 1. The van der Waals surface area contributed by atoms with Crippen molar-refractivity contribution in [2.75, 3.05) is 25.1 Å². The highest BCUT2D eigenvalue weighted by atomic mass is 32.1. The molecule has 0 bridgehead atoms. The van der Waals surface area contributed by atoms with Gasteiger partial charge in [0.1, 0.15) is 23.5 Å². The van der Waals surface area contributed by atoms with Crippen LogP contribution in [-0.2, 0) is 9.53 Å². The maximum absolute atomic E-state index is 11.5. The van der Waals surface area contributed by atoms with Gasteiger partial charge in [-0.2, -0.15) is 0 Å². The van der Waals surface area contributed by atoms with Crippen molar-refractivity contribution in [3.05, 3.63) is 16.8 Å². The minimum absolute atomic E-state index is 0.189.